The molecule has 0 aromatic heterocycles. The van der Waals surface area contributed by atoms with Crippen LogP contribution < -0.4 is 10.6 Å². The molecule has 0 spiro atoms. The topological polar surface area (TPSA) is 41.1 Å². The highest BCUT2D eigenvalue weighted by Gasteiger charge is 2.27. The van der Waals surface area contributed by atoms with Crippen LogP contribution in [0.15, 0.2) is 27.1 Å². The molecule has 1 aromatic carbocycles. The first-order valence-corrected chi connectivity index (χ1v) is 6.39. The van der Waals surface area contributed by atoms with E-state index in [0.717, 1.165) is 0 Å². The van der Waals surface area contributed by atoms with Crippen molar-refractivity contribution in [2.24, 2.45) is 0 Å². The van der Waals surface area contributed by atoms with Gasteiger partial charge in [0.2, 0.25) is 5.91 Å². The number of alkyl halides is 3. The third-order valence-electron chi connectivity index (χ3n) is 1.87. The predicted octanol–water partition coefficient (Wildman–Crippen LogP) is 3.30. The van der Waals surface area contributed by atoms with E-state index in [1.165, 1.54) is 0 Å². The van der Waals surface area contributed by atoms with Crippen LogP contribution in [0, 0.1) is 0 Å². The second-order valence-corrected chi connectivity index (χ2v) is 5.05. The number of amides is 1. The van der Waals surface area contributed by atoms with Gasteiger partial charge in [0, 0.05) is 8.95 Å². The van der Waals surface area contributed by atoms with Crippen molar-refractivity contribution in [1.82, 2.24) is 5.32 Å². The van der Waals surface area contributed by atoms with E-state index in [4.69, 9.17) is 0 Å². The summed E-state index contributed by atoms with van der Waals surface area (Å²) in [6, 6.07) is 5.28. The van der Waals surface area contributed by atoms with Gasteiger partial charge >= 0.3 is 6.18 Å². The fourth-order valence-corrected chi connectivity index (χ4v) is 2.38. The number of nitrogens with one attached hydrogen (secondary N) is 2. The van der Waals surface area contributed by atoms with Crippen LogP contribution in [0.25, 0.3) is 0 Å². The van der Waals surface area contributed by atoms with E-state index in [1.54, 1.807) is 23.5 Å². The monoisotopic (exact) mass is 388 g/mol. The molecular formula is C10H9Br2F3N2O. The van der Waals surface area contributed by atoms with Gasteiger partial charge in [-0.05, 0) is 44.0 Å². The molecule has 100 valence electrons. The van der Waals surface area contributed by atoms with Crippen LogP contribution in [0.4, 0.5) is 18.9 Å². The molecule has 8 heteroatoms. The van der Waals surface area contributed by atoms with Gasteiger partial charge in [-0.3, -0.25) is 4.79 Å². The molecule has 0 atom stereocenters. The van der Waals surface area contributed by atoms with Gasteiger partial charge in [-0.1, -0.05) is 6.07 Å². The second-order valence-electron chi connectivity index (χ2n) is 3.34. The van der Waals surface area contributed by atoms with Gasteiger partial charge in [0.15, 0.2) is 0 Å². The summed E-state index contributed by atoms with van der Waals surface area (Å²) in [5.41, 5.74) is 0.611. The average Bonchev–Trinajstić information content (AvgIpc) is 2.25. The Morgan fingerprint density at radius 2 is 1.78 bits per heavy atom. The number of anilines is 1. The van der Waals surface area contributed by atoms with Gasteiger partial charge in [-0.15, -0.1) is 0 Å². The van der Waals surface area contributed by atoms with Crippen molar-refractivity contribution in [2.75, 3.05) is 18.4 Å². The molecule has 0 fully saturated rings. The molecule has 2 N–H and O–H groups in total. The van der Waals surface area contributed by atoms with E-state index in [-0.39, 0.29) is 6.54 Å². The first-order valence-electron chi connectivity index (χ1n) is 4.81. The minimum absolute atomic E-state index is 0.239. The molecule has 3 nitrogen and oxygen atoms in total. The van der Waals surface area contributed by atoms with Crippen molar-refractivity contribution < 1.29 is 18.0 Å². The minimum atomic E-state index is -4.40. The quantitative estimate of drug-likeness (QED) is 0.829. The first-order chi connectivity index (χ1) is 8.29. The molecule has 0 aliphatic heterocycles. The van der Waals surface area contributed by atoms with Crippen molar-refractivity contribution in [3.05, 3.63) is 27.1 Å². The molecule has 1 aromatic rings. The number of benzene rings is 1. The summed E-state index contributed by atoms with van der Waals surface area (Å²) in [5, 5.41) is 4.52. The summed E-state index contributed by atoms with van der Waals surface area (Å²) >= 11 is 6.53. The zero-order valence-corrected chi connectivity index (χ0v) is 12.1. The van der Waals surface area contributed by atoms with Gasteiger partial charge in [0.25, 0.3) is 0 Å². The van der Waals surface area contributed by atoms with Crippen molar-refractivity contribution in [1.29, 1.82) is 0 Å². The molecule has 0 unspecified atom stereocenters. The predicted molar refractivity (Wildman–Crippen MR) is 69.4 cm³/mol. The van der Waals surface area contributed by atoms with Crippen molar-refractivity contribution in [2.45, 2.75) is 6.18 Å². The lowest BCUT2D eigenvalue weighted by atomic mass is 10.3. The van der Waals surface area contributed by atoms with Crippen LogP contribution in [0.5, 0.6) is 0 Å². The molecule has 0 heterocycles. The Kier molecular flexibility index (Phi) is 5.46. The maximum absolute atomic E-state index is 11.9. The summed E-state index contributed by atoms with van der Waals surface area (Å²) in [5.74, 6) is -0.727. The Morgan fingerprint density at radius 3 is 2.28 bits per heavy atom. The lowest BCUT2D eigenvalue weighted by molar-refractivity contribution is -0.137. The number of halogens is 5. The van der Waals surface area contributed by atoms with Crippen LogP contribution in [0.2, 0.25) is 0 Å². The molecule has 1 amide bonds. The van der Waals surface area contributed by atoms with Crippen molar-refractivity contribution in [3.63, 3.8) is 0 Å². The van der Waals surface area contributed by atoms with Crippen molar-refractivity contribution >= 4 is 43.5 Å². The molecule has 0 radical (unpaired) electrons. The number of hydrogen-bond acceptors (Lipinski definition) is 2. The van der Waals surface area contributed by atoms with Crippen LogP contribution in [-0.4, -0.2) is 25.2 Å². The zero-order chi connectivity index (χ0) is 13.8. The number of carbonyl (C=O) groups is 1. The average molecular weight is 390 g/mol. The molecule has 0 saturated heterocycles. The van der Waals surface area contributed by atoms with E-state index >= 15 is 0 Å². The van der Waals surface area contributed by atoms with Gasteiger partial charge in [-0.2, -0.15) is 13.2 Å². The molecule has 1 rings (SSSR count). The largest absolute Gasteiger partial charge is 0.405 e. The summed E-state index contributed by atoms with van der Waals surface area (Å²) in [7, 11) is 0. The van der Waals surface area contributed by atoms with Crippen molar-refractivity contribution in [3.8, 4) is 0 Å². The maximum Gasteiger partial charge on any atom is 0.405 e. The Balaban J connectivity index is 2.48. The van der Waals surface area contributed by atoms with E-state index in [9.17, 15) is 18.0 Å². The lowest BCUT2D eigenvalue weighted by Gasteiger charge is -2.11. The molecule has 0 bridgehead atoms. The summed E-state index contributed by atoms with van der Waals surface area (Å²) in [6.45, 7) is -1.57. The van der Waals surface area contributed by atoms with E-state index in [2.05, 4.69) is 37.2 Å². The number of carbonyl (C=O) groups excluding carboxylic acids is 1. The first kappa shape index (κ1) is 15.3. The third kappa shape index (κ3) is 5.26. The van der Waals surface area contributed by atoms with E-state index in [1.807, 2.05) is 0 Å². The van der Waals surface area contributed by atoms with Gasteiger partial charge in [0.05, 0.1) is 12.2 Å². The number of rotatable bonds is 4. The molecular weight excluding hydrogens is 381 g/mol. The van der Waals surface area contributed by atoms with Crippen LogP contribution >= 0.6 is 31.9 Å². The van der Waals surface area contributed by atoms with Crippen LogP contribution in [0.1, 0.15) is 0 Å². The Bertz CT molecular complexity index is 417. The van der Waals surface area contributed by atoms with E-state index in [0.29, 0.717) is 14.6 Å². The second kappa shape index (κ2) is 6.42. The fraction of sp³-hybridized carbons (Fsp3) is 0.300. The van der Waals surface area contributed by atoms with Gasteiger partial charge < -0.3 is 10.6 Å². The molecule has 18 heavy (non-hydrogen) atoms. The lowest BCUT2D eigenvalue weighted by Crippen LogP contribution is -2.37. The minimum Gasteiger partial charge on any atom is -0.374 e. The summed E-state index contributed by atoms with van der Waals surface area (Å²) < 4.78 is 37.0. The Morgan fingerprint density at radius 1 is 1.22 bits per heavy atom. The zero-order valence-electron chi connectivity index (χ0n) is 8.94. The summed E-state index contributed by atoms with van der Waals surface area (Å²) in [6.07, 6.45) is -4.40. The highest BCUT2D eigenvalue weighted by molar-refractivity contribution is 9.11. The van der Waals surface area contributed by atoms with Crippen LogP contribution in [-0.2, 0) is 4.79 Å². The standard InChI is InChI=1S/C10H9Br2F3N2O/c11-6-2-1-3-7(12)9(6)16-4-8(18)17-5-10(13,14)15/h1-3,16H,4-5H2,(H,17,18). The molecule has 0 aliphatic rings. The fourth-order valence-electron chi connectivity index (χ4n) is 1.10. The Hall–Kier alpha value is -0.760. The highest BCUT2D eigenvalue weighted by Crippen LogP contribution is 2.30. The van der Waals surface area contributed by atoms with Gasteiger partial charge in [-0.25, -0.2) is 0 Å². The van der Waals surface area contributed by atoms with Crippen LogP contribution in [0.3, 0.4) is 0 Å². The number of hydrogen-bond donors (Lipinski definition) is 2. The maximum atomic E-state index is 11.9. The SMILES string of the molecule is O=C(CNc1c(Br)cccc1Br)NCC(F)(F)F. The smallest absolute Gasteiger partial charge is 0.374 e. The normalized spacial score (nSPS) is 11.2. The molecule has 0 aliphatic carbocycles. The Labute approximate surface area is 118 Å². The van der Waals surface area contributed by atoms with Gasteiger partial charge in [0.1, 0.15) is 6.54 Å². The third-order valence-corrected chi connectivity index (χ3v) is 3.20. The highest BCUT2D eigenvalue weighted by atomic mass is 79.9. The molecule has 0 saturated carbocycles. The van der Waals surface area contributed by atoms with E-state index < -0.39 is 18.6 Å². The number of para-hydroxylation sites is 1. The summed E-state index contributed by atoms with van der Waals surface area (Å²) in [4.78, 5) is 11.2.